The number of aryl methyl sites for hydroxylation is 1. The van der Waals surface area contributed by atoms with E-state index in [9.17, 15) is 12.8 Å². The molecule has 0 saturated carbocycles. The minimum Gasteiger partial charge on any atom is -0.494 e. The number of methoxy groups -OCH3 is 1. The number of benzene rings is 2. The molecule has 2 aromatic carbocycles. The van der Waals surface area contributed by atoms with Gasteiger partial charge in [0.15, 0.2) is 11.6 Å². The highest BCUT2D eigenvalue weighted by Gasteiger charge is 2.19. The van der Waals surface area contributed by atoms with Crippen molar-refractivity contribution in [1.82, 2.24) is 4.98 Å². The Morgan fingerprint density at radius 3 is 2.60 bits per heavy atom. The van der Waals surface area contributed by atoms with Crippen LogP contribution in [0, 0.1) is 12.7 Å². The van der Waals surface area contributed by atoms with Gasteiger partial charge in [0.05, 0.1) is 28.4 Å². The Morgan fingerprint density at radius 2 is 1.96 bits per heavy atom. The number of hydrogen-bond acceptors (Lipinski definition) is 5. The van der Waals surface area contributed by atoms with Crippen molar-refractivity contribution in [3.05, 3.63) is 58.7 Å². The summed E-state index contributed by atoms with van der Waals surface area (Å²) < 4.78 is 46.4. The van der Waals surface area contributed by atoms with Crippen LogP contribution >= 0.6 is 11.3 Å². The van der Waals surface area contributed by atoms with Crippen molar-refractivity contribution >= 4 is 27.0 Å². The maximum atomic E-state index is 13.8. The zero-order valence-corrected chi connectivity index (χ0v) is 15.1. The van der Waals surface area contributed by atoms with E-state index in [1.165, 1.54) is 30.6 Å². The number of hydrogen-bond donors (Lipinski definition) is 1. The van der Waals surface area contributed by atoms with Crippen LogP contribution < -0.4 is 9.46 Å². The molecular weight excluding hydrogens is 363 g/mol. The molecule has 1 aromatic heterocycles. The summed E-state index contributed by atoms with van der Waals surface area (Å²) in [6, 6.07) is 10.4. The molecule has 0 aliphatic carbocycles. The van der Waals surface area contributed by atoms with Crippen molar-refractivity contribution in [3.8, 4) is 17.0 Å². The van der Waals surface area contributed by atoms with Crippen LogP contribution in [-0.4, -0.2) is 20.5 Å². The fourth-order valence-electron chi connectivity index (χ4n) is 2.30. The second kappa shape index (κ2) is 6.81. The van der Waals surface area contributed by atoms with E-state index in [0.29, 0.717) is 16.9 Å². The molecule has 0 amide bonds. The van der Waals surface area contributed by atoms with Crippen molar-refractivity contribution < 1.29 is 17.5 Å². The number of rotatable bonds is 5. The smallest absolute Gasteiger partial charge is 0.262 e. The average Bonchev–Trinajstić information content (AvgIpc) is 3.01. The first-order chi connectivity index (χ1) is 11.9. The van der Waals surface area contributed by atoms with Crippen LogP contribution in [0.2, 0.25) is 0 Å². The van der Waals surface area contributed by atoms with E-state index < -0.39 is 15.8 Å². The van der Waals surface area contributed by atoms with Gasteiger partial charge in [-0.1, -0.05) is 18.2 Å². The summed E-state index contributed by atoms with van der Waals surface area (Å²) in [7, 11) is -2.64. The molecule has 0 radical (unpaired) electrons. The van der Waals surface area contributed by atoms with Crippen LogP contribution in [-0.2, 0) is 10.0 Å². The van der Waals surface area contributed by atoms with Crippen molar-refractivity contribution in [2.24, 2.45) is 0 Å². The van der Waals surface area contributed by atoms with Crippen LogP contribution in [0.15, 0.2) is 52.7 Å². The molecule has 25 heavy (non-hydrogen) atoms. The Morgan fingerprint density at radius 1 is 1.20 bits per heavy atom. The summed E-state index contributed by atoms with van der Waals surface area (Å²) in [6.45, 7) is 1.88. The molecule has 0 saturated heterocycles. The minimum atomic E-state index is -3.95. The second-order valence-corrected chi connectivity index (χ2v) is 7.94. The van der Waals surface area contributed by atoms with Crippen LogP contribution in [0.1, 0.15) is 5.01 Å². The fraction of sp³-hybridized carbons (Fsp3) is 0.118. The molecule has 3 rings (SSSR count). The molecule has 1 N–H and O–H groups in total. The van der Waals surface area contributed by atoms with Gasteiger partial charge in [-0.25, -0.2) is 17.8 Å². The van der Waals surface area contributed by atoms with Crippen LogP contribution in [0.5, 0.6) is 5.75 Å². The molecule has 8 heteroatoms. The molecule has 0 fully saturated rings. The highest BCUT2D eigenvalue weighted by molar-refractivity contribution is 7.92. The number of nitrogens with one attached hydrogen (secondary N) is 1. The van der Waals surface area contributed by atoms with E-state index in [0.717, 1.165) is 11.1 Å². The fourth-order valence-corrected chi connectivity index (χ4v) is 4.00. The minimum absolute atomic E-state index is 0.0164. The molecule has 1 heterocycles. The van der Waals surface area contributed by atoms with Crippen molar-refractivity contribution in [1.29, 1.82) is 0 Å². The lowest BCUT2D eigenvalue weighted by atomic mass is 10.1. The number of para-hydroxylation sites is 1. The second-order valence-electron chi connectivity index (χ2n) is 5.20. The maximum Gasteiger partial charge on any atom is 0.262 e. The van der Waals surface area contributed by atoms with Crippen molar-refractivity contribution in [2.75, 3.05) is 11.8 Å². The number of sulfonamides is 1. The van der Waals surface area contributed by atoms with Gasteiger partial charge in [-0.2, -0.15) is 0 Å². The molecule has 5 nitrogen and oxygen atoms in total. The van der Waals surface area contributed by atoms with Gasteiger partial charge < -0.3 is 4.74 Å². The first-order valence-electron chi connectivity index (χ1n) is 7.28. The third kappa shape index (κ3) is 3.64. The predicted octanol–water partition coefficient (Wildman–Crippen LogP) is 4.07. The third-order valence-corrected chi connectivity index (χ3v) is 5.64. The van der Waals surface area contributed by atoms with E-state index in [-0.39, 0.29) is 10.6 Å². The molecule has 0 spiro atoms. The molecule has 0 atom stereocenters. The number of nitrogens with zero attached hydrogens (tertiary/aromatic N) is 1. The first kappa shape index (κ1) is 17.4. The zero-order valence-electron chi connectivity index (χ0n) is 13.5. The summed E-state index contributed by atoms with van der Waals surface area (Å²) in [5.41, 5.74) is 1.72. The largest absolute Gasteiger partial charge is 0.494 e. The molecule has 0 aliphatic rings. The van der Waals surface area contributed by atoms with Gasteiger partial charge in [-0.15, -0.1) is 11.3 Å². The highest BCUT2D eigenvalue weighted by atomic mass is 32.2. The van der Waals surface area contributed by atoms with E-state index in [1.54, 1.807) is 24.3 Å². The Kier molecular flexibility index (Phi) is 4.73. The maximum absolute atomic E-state index is 13.8. The molecule has 130 valence electrons. The quantitative estimate of drug-likeness (QED) is 0.727. The Balaban J connectivity index is 1.98. The SMILES string of the molecule is COc1ccc(S(=O)(=O)Nc2ccccc2-c2csc(C)n2)cc1F. The topological polar surface area (TPSA) is 68.3 Å². The normalized spacial score (nSPS) is 11.3. The predicted molar refractivity (Wildman–Crippen MR) is 96.0 cm³/mol. The summed E-state index contributed by atoms with van der Waals surface area (Å²) in [5, 5.41) is 2.74. The van der Waals surface area contributed by atoms with Crippen LogP contribution in [0.25, 0.3) is 11.3 Å². The molecular formula is C17H15FN2O3S2. The third-order valence-electron chi connectivity index (χ3n) is 3.50. The number of anilines is 1. The monoisotopic (exact) mass is 378 g/mol. The first-order valence-corrected chi connectivity index (χ1v) is 9.65. The Bertz CT molecular complexity index is 1020. The Hall–Kier alpha value is -2.45. The van der Waals surface area contributed by atoms with Crippen LogP contribution in [0.3, 0.4) is 0 Å². The zero-order chi connectivity index (χ0) is 18.0. The number of aromatic nitrogens is 1. The molecule has 0 bridgehead atoms. The standard InChI is InChI=1S/C17H15FN2O3S2/c1-11-19-16(10-24-11)13-5-3-4-6-15(13)20-25(21,22)12-7-8-17(23-2)14(18)9-12/h3-10,20H,1-2H3. The van der Waals surface area contributed by atoms with Gasteiger partial charge in [0.25, 0.3) is 10.0 Å². The molecule has 0 aliphatic heterocycles. The Labute approximate surface area is 149 Å². The van der Waals surface area contributed by atoms with Gasteiger partial charge >= 0.3 is 0 Å². The average molecular weight is 378 g/mol. The lowest BCUT2D eigenvalue weighted by molar-refractivity contribution is 0.385. The number of thiazole rings is 1. The lowest BCUT2D eigenvalue weighted by Crippen LogP contribution is -2.14. The van der Waals surface area contributed by atoms with Gasteiger partial charge in [0.1, 0.15) is 0 Å². The summed E-state index contributed by atoms with van der Waals surface area (Å²) in [5.74, 6) is -0.758. The molecule has 0 unspecified atom stereocenters. The van der Waals surface area contributed by atoms with E-state index in [4.69, 9.17) is 4.74 Å². The molecule has 3 aromatic rings. The number of ether oxygens (including phenoxy) is 1. The van der Waals surface area contributed by atoms with Crippen molar-refractivity contribution in [3.63, 3.8) is 0 Å². The summed E-state index contributed by atoms with van der Waals surface area (Å²) >= 11 is 1.48. The van der Waals surface area contributed by atoms with Gasteiger partial charge in [0.2, 0.25) is 0 Å². The van der Waals surface area contributed by atoms with Gasteiger partial charge in [-0.3, -0.25) is 4.72 Å². The summed E-state index contributed by atoms with van der Waals surface area (Å²) in [4.78, 5) is 4.20. The van der Waals surface area contributed by atoms with Gasteiger partial charge in [0, 0.05) is 10.9 Å². The highest BCUT2D eigenvalue weighted by Crippen LogP contribution is 2.31. The van der Waals surface area contributed by atoms with Crippen molar-refractivity contribution in [2.45, 2.75) is 11.8 Å². The van der Waals surface area contributed by atoms with E-state index >= 15 is 0 Å². The lowest BCUT2D eigenvalue weighted by Gasteiger charge is -2.12. The van der Waals surface area contributed by atoms with Crippen LogP contribution in [0.4, 0.5) is 10.1 Å². The van der Waals surface area contributed by atoms with E-state index in [1.807, 2.05) is 12.3 Å². The van der Waals surface area contributed by atoms with Gasteiger partial charge in [-0.05, 0) is 31.2 Å². The van der Waals surface area contributed by atoms with E-state index in [2.05, 4.69) is 9.71 Å². The number of halogens is 1. The summed E-state index contributed by atoms with van der Waals surface area (Å²) in [6.07, 6.45) is 0.